The number of hydrogen-bond donors (Lipinski definition) is 3. The van der Waals surface area contributed by atoms with Crippen LogP contribution in [0.5, 0.6) is 0 Å². The lowest BCUT2D eigenvalue weighted by molar-refractivity contribution is -0.384. The summed E-state index contributed by atoms with van der Waals surface area (Å²) < 4.78 is 0. The van der Waals surface area contributed by atoms with Crippen LogP contribution in [0.1, 0.15) is 26.7 Å². The molecule has 0 aliphatic heterocycles. The van der Waals surface area contributed by atoms with Crippen LogP contribution in [0.15, 0.2) is 24.3 Å². The Bertz CT molecular complexity index is 490. The van der Waals surface area contributed by atoms with Gasteiger partial charge in [0.2, 0.25) is 5.91 Å². The second kappa shape index (κ2) is 8.99. The smallest absolute Gasteiger partial charge is 0.269 e. The van der Waals surface area contributed by atoms with Crippen LogP contribution in [0.4, 0.5) is 11.4 Å². The summed E-state index contributed by atoms with van der Waals surface area (Å²) in [6.45, 7) is 4.40. The van der Waals surface area contributed by atoms with Crippen molar-refractivity contribution >= 4 is 17.3 Å². The Morgan fingerprint density at radius 1 is 1.32 bits per heavy atom. The Labute approximate surface area is 129 Å². The summed E-state index contributed by atoms with van der Waals surface area (Å²) >= 11 is 0. The molecular formula is C15H23N3O4. The van der Waals surface area contributed by atoms with Gasteiger partial charge in [-0.15, -0.1) is 0 Å². The summed E-state index contributed by atoms with van der Waals surface area (Å²) in [5.41, 5.74) is 0.838. The van der Waals surface area contributed by atoms with E-state index in [-0.39, 0.29) is 30.2 Å². The van der Waals surface area contributed by atoms with Crippen molar-refractivity contribution in [1.29, 1.82) is 0 Å². The predicted molar refractivity (Wildman–Crippen MR) is 84.7 cm³/mol. The van der Waals surface area contributed by atoms with E-state index in [4.69, 9.17) is 5.11 Å². The van der Waals surface area contributed by atoms with Crippen LogP contribution < -0.4 is 10.6 Å². The van der Waals surface area contributed by atoms with E-state index in [2.05, 4.69) is 10.6 Å². The van der Waals surface area contributed by atoms with Gasteiger partial charge in [0.1, 0.15) is 0 Å². The zero-order valence-corrected chi connectivity index (χ0v) is 12.9. The molecule has 1 rings (SSSR count). The molecule has 1 aromatic carbocycles. The molecule has 0 bridgehead atoms. The van der Waals surface area contributed by atoms with E-state index in [0.29, 0.717) is 19.4 Å². The molecule has 2 atom stereocenters. The van der Waals surface area contributed by atoms with Crippen LogP contribution in [0, 0.1) is 16.0 Å². The average Bonchev–Trinajstić information content (AvgIpc) is 2.51. The van der Waals surface area contributed by atoms with Crippen LogP contribution in [-0.2, 0) is 4.79 Å². The van der Waals surface area contributed by atoms with Crippen molar-refractivity contribution in [2.24, 2.45) is 5.92 Å². The number of amides is 1. The zero-order valence-electron chi connectivity index (χ0n) is 12.9. The second-order valence-corrected chi connectivity index (χ2v) is 5.35. The SMILES string of the molecule is CC(CO)C(C)NC(=O)CCCNc1ccc([N+](=O)[O-])cc1. The van der Waals surface area contributed by atoms with Crippen molar-refractivity contribution in [3.05, 3.63) is 34.4 Å². The molecule has 22 heavy (non-hydrogen) atoms. The summed E-state index contributed by atoms with van der Waals surface area (Å²) in [5.74, 6) is -0.0134. The van der Waals surface area contributed by atoms with Gasteiger partial charge in [-0.3, -0.25) is 14.9 Å². The van der Waals surface area contributed by atoms with E-state index in [1.807, 2.05) is 13.8 Å². The lowest BCUT2D eigenvalue weighted by Gasteiger charge is -2.19. The molecule has 0 aliphatic rings. The number of hydrogen-bond acceptors (Lipinski definition) is 5. The number of non-ortho nitro benzene ring substituents is 1. The minimum atomic E-state index is -0.442. The quantitative estimate of drug-likeness (QED) is 0.367. The first-order chi connectivity index (χ1) is 10.4. The molecule has 0 saturated carbocycles. The molecule has 0 fully saturated rings. The van der Waals surface area contributed by atoms with Crippen LogP contribution in [-0.4, -0.2) is 35.1 Å². The van der Waals surface area contributed by atoms with Gasteiger partial charge in [0, 0.05) is 43.4 Å². The summed E-state index contributed by atoms with van der Waals surface area (Å²) in [6.07, 6.45) is 1.05. The van der Waals surface area contributed by atoms with Gasteiger partial charge in [-0.1, -0.05) is 6.92 Å². The van der Waals surface area contributed by atoms with Gasteiger partial charge in [-0.2, -0.15) is 0 Å². The number of aliphatic hydroxyl groups is 1. The summed E-state index contributed by atoms with van der Waals surface area (Å²) in [7, 11) is 0. The monoisotopic (exact) mass is 309 g/mol. The number of carbonyl (C=O) groups excluding carboxylic acids is 1. The van der Waals surface area contributed by atoms with E-state index in [1.165, 1.54) is 12.1 Å². The molecule has 3 N–H and O–H groups in total. The molecule has 2 unspecified atom stereocenters. The maximum Gasteiger partial charge on any atom is 0.269 e. The first-order valence-corrected chi connectivity index (χ1v) is 7.32. The molecule has 1 aromatic rings. The van der Waals surface area contributed by atoms with Crippen LogP contribution in [0.25, 0.3) is 0 Å². The number of nitrogens with one attached hydrogen (secondary N) is 2. The minimum absolute atomic E-state index is 0.0298. The Hall–Kier alpha value is -2.15. The van der Waals surface area contributed by atoms with E-state index in [1.54, 1.807) is 12.1 Å². The number of anilines is 1. The molecule has 1 amide bonds. The molecule has 7 heteroatoms. The standard InChI is InChI=1S/C15H23N3O4/c1-11(10-19)12(2)17-15(20)4-3-9-16-13-5-7-14(8-6-13)18(21)22/h5-8,11-12,16,19H,3-4,9-10H2,1-2H3,(H,17,20). The van der Waals surface area contributed by atoms with Crippen molar-refractivity contribution in [3.8, 4) is 0 Å². The second-order valence-electron chi connectivity index (χ2n) is 5.35. The largest absolute Gasteiger partial charge is 0.396 e. The third-order valence-electron chi connectivity index (χ3n) is 3.52. The fourth-order valence-corrected chi connectivity index (χ4v) is 1.81. The first kappa shape index (κ1) is 17.9. The van der Waals surface area contributed by atoms with Gasteiger partial charge in [0.05, 0.1) is 4.92 Å². The maximum atomic E-state index is 11.7. The van der Waals surface area contributed by atoms with Gasteiger partial charge < -0.3 is 15.7 Å². The number of aliphatic hydroxyl groups excluding tert-OH is 1. The lowest BCUT2D eigenvalue weighted by Crippen LogP contribution is -2.38. The Morgan fingerprint density at radius 2 is 1.95 bits per heavy atom. The molecule has 0 heterocycles. The number of carbonyl (C=O) groups is 1. The average molecular weight is 309 g/mol. The highest BCUT2D eigenvalue weighted by atomic mass is 16.6. The van der Waals surface area contributed by atoms with Gasteiger partial charge in [-0.05, 0) is 31.4 Å². The fourth-order valence-electron chi connectivity index (χ4n) is 1.81. The number of nitro groups is 1. The number of nitro benzene ring substituents is 1. The number of nitrogens with zero attached hydrogens (tertiary/aromatic N) is 1. The van der Waals surface area contributed by atoms with Gasteiger partial charge in [-0.25, -0.2) is 0 Å². The van der Waals surface area contributed by atoms with Gasteiger partial charge in [0.25, 0.3) is 5.69 Å². The van der Waals surface area contributed by atoms with Crippen LogP contribution in [0.3, 0.4) is 0 Å². The minimum Gasteiger partial charge on any atom is -0.396 e. The highest BCUT2D eigenvalue weighted by Gasteiger charge is 2.13. The lowest BCUT2D eigenvalue weighted by atomic mass is 10.1. The zero-order chi connectivity index (χ0) is 16.5. The normalized spacial score (nSPS) is 13.2. The Morgan fingerprint density at radius 3 is 2.50 bits per heavy atom. The van der Waals surface area contributed by atoms with Crippen molar-refractivity contribution in [2.75, 3.05) is 18.5 Å². The predicted octanol–water partition coefficient (Wildman–Crippen LogP) is 1.92. The third-order valence-corrected chi connectivity index (χ3v) is 3.52. The third kappa shape index (κ3) is 6.09. The van der Waals surface area contributed by atoms with E-state index in [9.17, 15) is 14.9 Å². The topological polar surface area (TPSA) is 104 Å². The highest BCUT2D eigenvalue weighted by molar-refractivity contribution is 5.76. The molecule has 0 aromatic heterocycles. The van der Waals surface area contributed by atoms with Crippen molar-refractivity contribution in [3.63, 3.8) is 0 Å². The van der Waals surface area contributed by atoms with Gasteiger partial charge in [0.15, 0.2) is 0 Å². The van der Waals surface area contributed by atoms with Gasteiger partial charge >= 0.3 is 0 Å². The summed E-state index contributed by atoms with van der Waals surface area (Å²) in [5, 5.41) is 25.5. The highest BCUT2D eigenvalue weighted by Crippen LogP contribution is 2.15. The number of rotatable bonds is 9. The first-order valence-electron chi connectivity index (χ1n) is 7.32. The molecule has 0 aliphatic carbocycles. The van der Waals surface area contributed by atoms with Crippen LogP contribution in [0.2, 0.25) is 0 Å². The van der Waals surface area contributed by atoms with E-state index >= 15 is 0 Å². The molecule has 0 radical (unpaired) electrons. The van der Waals surface area contributed by atoms with Crippen molar-refractivity contribution < 1.29 is 14.8 Å². The maximum absolute atomic E-state index is 11.7. The van der Waals surface area contributed by atoms with Crippen LogP contribution >= 0.6 is 0 Å². The fraction of sp³-hybridized carbons (Fsp3) is 0.533. The molecule has 0 spiro atoms. The Kier molecular flexibility index (Phi) is 7.31. The molecule has 0 saturated heterocycles. The molecule has 7 nitrogen and oxygen atoms in total. The summed E-state index contributed by atoms with van der Waals surface area (Å²) in [6, 6.07) is 6.10. The number of benzene rings is 1. The van der Waals surface area contributed by atoms with E-state index in [0.717, 1.165) is 5.69 Å². The van der Waals surface area contributed by atoms with Crippen molar-refractivity contribution in [1.82, 2.24) is 5.32 Å². The Balaban J connectivity index is 2.24. The molecule has 122 valence electrons. The molecular weight excluding hydrogens is 286 g/mol. The van der Waals surface area contributed by atoms with Crippen molar-refractivity contribution in [2.45, 2.75) is 32.7 Å². The van der Waals surface area contributed by atoms with E-state index < -0.39 is 4.92 Å². The summed E-state index contributed by atoms with van der Waals surface area (Å²) in [4.78, 5) is 21.8.